The van der Waals surface area contributed by atoms with E-state index in [0.717, 1.165) is 27.8 Å². The second kappa shape index (κ2) is 6.71. The summed E-state index contributed by atoms with van der Waals surface area (Å²) in [5, 5.41) is 0.896. The normalized spacial score (nSPS) is 10.8. The quantitative estimate of drug-likeness (QED) is 0.730. The van der Waals surface area contributed by atoms with Crippen LogP contribution < -0.4 is 10.3 Å². The monoisotopic (exact) mass is 321 g/mol. The zero-order valence-electron chi connectivity index (χ0n) is 13.8. The molecule has 0 spiro atoms. The van der Waals surface area contributed by atoms with Crippen molar-refractivity contribution in [3.05, 3.63) is 75.6 Å². The third-order valence-electron chi connectivity index (χ3n) is 4.20. The number of benzene rings is 2. The number of aromatic nitrogens is 1. The Morgan fingerprint density at radius 1 is 1.12 bits per heavy atom. The summed E-state index contributed by atoms with van der Waals surface area (Å²) in [7, 11) is 1.61. The zero-order chi connectivity index (χ0) is 17.1. The van der Waals surface area contributed by atoms with Crippen molar-refractivity contribution in [3.8, 4) is 5.75 Å². The molecule has 122 valence electrons. The Balaban J connectivity index is 1.84. The molecular weight excluding hydrogens is 302 g/mol. The number of pyridine rings is 1. The molecule has 0 fully saturated rings. The van der Waals surface area contributed by atoms with Gasteiger partial charge in [-0.25, -0.2) is 0 Å². The fourth-order valence-corrected chi connectivity index (χ4v) is 2.81. The van der Waals surface area contributed by atoms with Gasteiger partial charge in [0.25, 0.3) is 5.56 Å². The second-order valence-corrected chi connectivity index (χ2v) is 5.81. The highest BCUT2D eigenvalue weighted by molar-refractivity contribution is 5.97. The largest absolute Gasteiger partial charge is 0.497 e. The summed E-state index contributed by atoms with van der Waals surface area (Å²) in [5.74, 6) is 0.787. The molecule has 0 saturated carbocycles. The number of nitrogens with one attached hydrogen (secondary N) is 1. The predicted molar refractivity (Wildman–Crippen MR) is 95.0 cm³/mol. The van der Waals surface area contributed by atoms with Crippen molar-refractivity contribution < 1.29 is 9.53 Å². The van der Waals surface area contributed by atoms with Gasteiger partial charge < -0.3 is 9.72 Å². The number of carbonyl (C=O) groups is 1. The molecule has 4 nitrogen and oxygen atoms in total. The number of methoxy groups -OCH3 is 1. The topological polar surface area (TPSA) is 59.2 Å². The highest BCUT2D eigenvalue weighted by Crippen LogP contribution is 2.19. The average Bonchev–Trinajstić information content (AvgIpc) is 2.59. The van der Waals surface area contributed by atoms with Crippen molar-refractivity contribution in [1.82, 2.24) is 4.98 Å². The molecule has 1 heterocycles. The van der Waals surface area contributed by atoms with E-state index in [1.165, 1.54) is 0 Å². The van der Waals surface area contributed by atoms with Gasteiger partial charge in [-0.2, -0.15) is 0 Å². The fourth-order valence-electron chi connectivity index (χ4n) is 2.81. The molecule has 24 heavy (non-hydrogen) atoms. The van der Waals surface area contributed by atoms with Gasteiger partial charge in [-0.05, 0) is 43.2 Å². The Bertz CT molecular complexity index is 957. The van der Waals surface area contributed by atoms with Crippen LogP contribution in [0.3, 0.4) is 0 Å². The number of aryl methyl sites for hydroxylation is 2. The van der Waals surface area contributed by atoms with Gasteiger partial charge in [-0.3, -0.25) is 9.59 Å². The van der Waals surface area contributed by atoms with Crippen molar-refractivity contribution in [2.75, 3.05) is 7.11 Å². The van der Waals surface area contributed by atoms with Gasteiger partial charge in [0.2, 0.25) is 0 Å². The first-order chi connectivity index (χ1) is 11.6. The van der Waals surface area contributed by atoms with Crippen molar-refractivity contribution >= 4 is 16.7 Å². The van der Waals surface area contributed by atoms with Crippen molar-refractivity contribution in [1.29, 1.82) is 0 Å². The number of fused-ring (bicyclic) bond motifs is 1. The van der Waals surface area contributed by atoms with E-state index >= 15 is 0 Å². The van der Waals surface area contributed by atoms with Crippen LogP contribution in [-0.2, 0) is 6.42 Å². The van der Waals surface area contributed by atoms with Crippen LogP contribution >= 0.6 is 0 Å². The molecule has 2 aromatic carbocycles. The maximum Gasteiger partial charge on any atom is 0.251 e. The predicted octanol–water partition coefficient (Wildman–Crippen LogP) is 3.66. The molecule has 1 aromatic heterocycles. The molecule has 1 N–H and O–H groups in total. The SMILES string of the molecule is COc1ccc2[nH]c(=O)c(CCC(=O)c3ccccc3C)cc2c1. The summed E-state index contributed by atoms with van der Waals surface area (Å²) in [6.07, 6.45) is 0.721. The lowest BCUT2D eigenvalue weighted by Gasteiger charge is -2.06. The van der Waals surface area contributed by atoms with Crippen LogP contribution in [0.4, 0.5) is 0 Å². The zero-order valence-corrected chi connectivity index (χ0v) is 13.8. The van der Waals surface area contributed by atoms with Crippen LogP contribution in [0, 0.1) is 6.92 Å². The van der Waals surface area contributed by atoms with Crippen LogP contribution in [0.2, 0.25) is 0 Å². The van der Waals surface area contributed by atoms with E-state index in [-0.39, 0.29) is 11.3 Å². The smallest absolute Gasteiger partial charge is 0.251 e. The molecule has 3 aromatic rings. The van der Waals surface area contributed by atoms with Crippen molar-refractivity contribution in [3.63, 3.8) is 0 Å². The third kappa shape index (κ3) is 3.23. The maximum absolute atomic E-state index is 12.4. The highest BCUT2D eigenvalue weighted by Gasteiger charge is 2.11. The van der Waals surface area contributed by atoms with Crippen molar-refractivity contribution in [2.45, 2.75) is 19.8 Å². The molecule has 0 radical (unpaired) electrons. The first kappa shape index (κ1) is 16.0. The van der Waals surface area contributed by atoms with Gasteiger partial charge in [-0.1, -0.05) is 24.3 Å². The highest BCUT2D eigenvalue weighted by atomic mass is 16.5. The van der Waals surface area contributed by atoms with Gasteiger partial charge in [-0.15, -0.1) is 0 Å². The summed E-state index contributed by atoms with van der Waals surface area (Å²) in [6, 6.07) is 14.8. The van der Waals surface area contributed by atoms with Crippen LogP contribution in [0.15, 0.2) is 53.3 Å². The van der Waals surface area contributed by atoms with E-state index in [9.17, 15) is 9.59 Å². The number of rotatable bonds is 5. The van der Waals surface area contributed by atoms with Gasteiger partial charge >= 0.3 is 0 Å². The molecule has 3 rings (SSSR count). The summed E-state index contributed by atoms with van der Waals surface area (Å²) >= 11 is 0. The fraction of sp³-hybridized carbons (Fsp3) is 0.200. The van der Waals surface area contributed by atoms with Crippen LogP contribution in [0.5, 0.6) is 5.75 Å². The van der Waals surface area contributed by atoms with E-state index in [0.29, 0.717) is 18.4 Å². The minimum Gasteiger partial charge on any atom is -0.497 e. The van der Waals surface area contributed by atoms with E-state index in [4.69, 9.17) is 4.74 Å². The van der Waals surface area contributed by atoms with Crippen molar-refractivity contribution in [2.24, 2.45) is 0 Å². The van der Waals surface area contributed by atoms with Crippen LogP contribution in [0.1, 0.15) is 27.9 Å². The molecule has 0 aliphatic heterocycles. The lowest BCUT2D eigenvalue weighted by atomic mass is 9.99. The first-order valence-corrected chi connectivity index (χ1v) is 7.87. The number of hydrogen-bond donors (Lipinski definition) is 1. The molecular formula is C20H19NO3. The summed E-state index contributed by atoms with van der Waals surface area (Å²) in [4.78, 5) is 27.4. The number of H-pyrrole nitrogens is 1. The lowest BCUT2D eigenvalue weighted by molar-refractivity contribution is 0.0982. The van der Waals surface area contributed by atoms with Gasteiger partial charge in [0.15, 0.2) is 5.78 Å². The molecule has 0 unspecified atom stereocenters. The minimum absolute atomic E-state index is 0.0539. The number of hydrogen-bond acceptors (Lipinski definition) is 3. The Labute approximate surface area is 140 Å². The average molecular weight is 321 g/mol. The standard InChI is InChI=1S/C20H19NO3/c1-13-5-3-4-6-17(13)19(22)10-7-14-11-15-12-16(24-2)8-9-18(15)21-20(14)23/h3-6,8-9,11-12H,7,10H2,1-2H3,(H,21,23). The number of aromatic amines is 1. The van der Waals surface area contributed by atoms with E-state index in [1.807, 2.05) is 49.4 Å². The Hall–Kier alpha value is -2.88. The van der Waals surface area contributed by atoms with Gasteiger partial charge in [0.1, 0.15) is 5.75 Å². The van der Waals surface area contributed by atoms with E-state index in [1.54, 1.807) is 13.2 Å². The Morgan fingerprint density at radius 2 is 1.92 bits per heavy atom. The van der Waals surface area contributed by atoms with Crippen LogP contribution in [-0.4, -0.2) is 17.9 Å². The van der Waals surface area contributed by atoms with Gasteiger partial charge in [0.05, 0.1) is 7.11 Å². The lowest BCUT2D eigenvalue weighted by Crippen LogP contribution is -2.14. The van der Waals surface area contributed by atoms with Gasteiger partial charge in [0, 0.05) is 28.5 Å². The Kier molecular flexibility index (Phi) is 4.47. The molecule has 0 aliphatic carbocycles. The summed E-state index contributed by atoms with van der Waals surface area (Å²) in [6.45, 7) is 1.92. The number of ketones is 1. The first-order valence-electron chi connectivity index (χ1n) is 7.87. The molecule has 0 saturated heterocycles. The number of ether oxygens (including phenoxy) is 1. The summed E-state index contributed by atoms with van der Waals surface area (Å²) < 4.78 is 5.22. The summed E-state index contributed by atoms with van der Waals surface area (Å²) in [5.41, 5.74) is 2.90. The minimum atomic E-state index is -0.148. The maximum atomic E-state index is 12.4. The molecule has 0 amide bonds. The van der Waals surface area contributed by atoms with E-state index in [2.05, 4.69) is 4.98 Å². The molecule has 0 atom stereocenters. The second-order valence-electron chi connectivity index (χ2n) is 5.81. The molecule has 0 aliphatic rings. The number of carbonyl (C=O) groups excluding carboxylic acids is 1. The van der Waals surface area contributed by atoms with Crippen LogP contribution in [0.25, 0.3) is 10.9 Å². The molecule has 0 bridgehead atoms. The van der Waals surface area contributed by atoms with E-state index < -0.39 is 0 Å². The number of Topliss-reactive ketones (excluding diaryl/α,β-unsaturated/α-hetero) is 1. The molecule has 4 heteroatoms. The Morgan fingerprint density at radius 3 is 2.67 bits per heavy atom. The third-order valence-corrected chi connectivity index (χ3v) is 4.20.